The molecule has 0 fully saturated rings. The van der Waals surface area contributed by atoms with Gasteiger partial charge in [-0.05, 0) is 24.5 Å². The normalized spacial score (nSPS) is 10.2. The number of aromatic hydroxyl groups is 1. The zero-order valence-electron chi connectivity index (χ0n) is 8.77. The smallest absolute Gasteiger partial charge is 0.310 e. The minimum absolute atomic E-state index is 0.205. The van der Waals surface area contributed by atoms with Crippen molar-refractivity contribution < 1.29 is 10.0 Å². The Morgan fingerprint density at radius 1 is 1.40 bits per heavy atom. The lowest BCUT2D eigenvalue weighted by atomic mass is 10.1. The second-order valence-electron chi connectivity index (χ2n) is 3.54. The van der Waals surface area contributed by atoms with Gasteiger partial charge in [0.1, 0.15) is 0 Å². The van der Waals surface area contributed by atoms with Crippen LogP contribution in [0.1, 0.15) is 31.7 Å². The van der Waals surface area contributed by atoms with E-state index in [1.165, 1.54) is 12.1 Å². The molecule has 0 radical (unpaired) electrons. The highest BCUT2D eigenvalue weighted by Gasteiger charge is 2.12. The molecule has 0 amide bonds. The summed E-state index contributed by atoms with van der Waals surface area (Å²) in [6.07, 6.45) is 4.10. The fraction of sp³-hybridized carbons (Fsp3) is 0.455. The van der Waals surface area contributed by atoms with Gasteiger partial charge in [0.05, 0.1) is 4.92 Å². The van der Waals surface area contributed by atoms with E-state index in [9.17, 15) is 15.2 Å². The monoisotopic (exact) mass is 209 g/mol. The number of rotatable bonds is 5. The van der Waals surface area contributed by atoms with Crippen molar-refractivity contribution in [3.8, 4) is 5.75 Å². The Morgan fingerprint density at radius 3 is 2.73 bits per heavy atom. The van der Waals surface area contributed by atoms with Gasteiger partial charge in [0.25, 0.3) is 0 Å². The van der Waals surface area contributed by atoms with Crippen molar-refractivity contribution in [2.75, 3.05) is 0 Å². The summed E-state index contributed by atoms with van der Waals surface area (Å²) >= 11 is 0. The van der Waals surface area contributed by atoms with Crippen LogP contribution in [0.25, 0.3) is 0 Å². The average Bonchev–Trinajstić information content (AvgIpc) is 2.20. The molecule has 0 bridgehead atoms. The number of benzene rings is 1. The molecule has 0 unspecified atom stereocenters. The van der Waals surface area contributed by atoms with Crippen LogP contribution in [0.15, 0.2) is 18.2 Å². The summed E-state index contributed by atoms with van der Waals surface area (Å²) in [5, 5.41) is 19.8. The number of aryl methyl sites for hydroxylation is 1. The minimum atomic E-state index is -0.557. The molecule has 0 saturated heterocycles. The molecule has 1 aromatic rings. The first-order valence-electron chi connectivity index (χ1n) is 5.11. The summed E-state index contributed by atoms with van der Waals surface area (Å²) < 4.78 is 0. The molecule has 1 rings (SSSR count). The van der Waals surface area contributed by atoms with Crippen LogP contribution in [0.2, 0.25) is 0 Å². The number of unbranched alkanes of at least 4 members (excludes halogenated alkanes) is 2. The third kappa shape index (κ3) is 3.23. The Morgan fingerprint density at radius 2 is 2.13 bits per heavy atom. The van der Waals surface area contributed by atoms with E-state index in [0.717, 1.165) is 31.2 Å². The lowest BCUT2D eigenvalue weighted by Gasteiger charge is -2.01. The molecular weight excluding hydrogens is 194 g/mol. The number of hydrogen-bond acceptors (Lipinski definition) is 3. The number of nitrogens with zero attached hydrogens (tertiary/aromatic N) is 1. The molecule has 0 heterocycles. The summed E-state index contributed by atoms with van der Waals surface area (Å²) in [5.74, 6) is -0.265. The lowest BCUT2D eigenvalue weighted by molar-refractivity contribution is -0.385. The SMILES string of the molecule is CCCCCc1ccc(O)c([N+](=O)[O-])c1. The van der Waals surface area contributed by atoms with E-state index in [1.807, 2.05) is 0 Å². The summed E-state index contributed by atoms with van der Waals surface area (Å²) in [6, 6.07) is 4.57. The van der Waals surface area contributed by atoms with E-state index in [1.54, 1.807) is 6.07 Å². The molecule has 1 N–H and O–H groups in total. The van der Waals surface area contributed by atoms with Crippen LogP contribution in [0.3, 0.4) is 0 Å². The standard InChI is InChI=1S/C11H15NO3/c1-2-3-4-5-9-6-7-11(13)10(8-9)12(14)15/h6-8,13H,2-5H2,1H3. The highest BCUT2D eigenvalue weighted by atomic mass is 16.6. The summed E-state index contributed by atoms with van der Waals surface area (Å²) in [7, 11) is 0. The molecule has 0 spiro atoms. The van der Waals surface area contributed by atoms with Crippen LogP contribution in [0, 0.1) is 10.1 Å². The fourth-order valence-electron chi connectivity index (χ4n) is 1.45. The van der Waals surface area contributed by atoms with Crippen molar-refractivity contribution in [3.63, 3.8) is 0 Å². The number of phenols is 1. The molecule has 0 aliphatic heterocycles. The topological polar surface area (TPSA) is 63.4 Å². The zero-order chi connectivity index (χ0) is 11.3. The summed E-state index contributed by atoms with van der Waals surface area (Å²) in [5.41, 5.74) is 0.706. The van der Waals surface area contributed by atoms with E-state index in [0.29, 0.717) is 0 Å². The number of nitro groups is 1. The van der Waals surface area contributed by atoms with Crippen molar-refractivity contribution in [3.05, 3.63) is 33.9 Å². The van der Waals surface area contributed by atoms with Gasteiger partial charge in [0, 0.05) is 6.07 Å². The van der Waals surface area contributed by atoms with Gasteiger partial charge in [-0.15, -0.1) is 0 Å². The quantitative estimate of drug-likeness (QED) is 0.460. The van der Waals surface area contributed by atoms with Crippen molar-refractivity contribution in [2.45, 2.75) is 32.6 Å². The highest BCUT2D eigenvalue weighted by Crippen LogP contribution is 2.26. The minimum Gasteiger partial charge on any atom is -0.502 e. The molecular formula is C11H15NO3. The molecule has 4 nitrogen and oxygen atoms in total. The molecule has 4 heteroatoms. The van der Waals surface area contributed by atoms with Crippen LogP contribution >= 0.6 is 0 Å². The summed E-state index contributed by atoms with van der Waals surface area (Å²) in [6.45, 7) is 2.11. The molecule has 1 aromatic carbocycles. The number of nitro benzene ring substituents is 1. The maximum Gasteiger partial charge on any atom is 0.310 e. The Balaban J connectivity index is 2.74. The lowest BCUT2D eigenvalue weighted by Crippen LogP contribution is -1.92. The van der Waals surface area contributed by atoms with Crippen molar-refractivity contribution in [1.82, 2.24) is 0 Å². The fourth-order valence-corrected chi connectivity index (χ4v) is 1.45. The molecule has 0 saturated carbocycles. The van der Waals surface area contributed by atoms with Gasteiger partial charge in [-0.25, -0.2) is 0 Å². The zero-order valence-corrected chi connectivity index (χ0v) is 8.77. The predicted molar refractivity (Wildman–Crippen MR) is 58.0 cm³/mol. The number of hydrogen-bond donors (Lipinski definition) is 1. The van der Waals surface area contributed by atoms with Gasteiger partial charge in [-0.3, -0.25) is 10.1 Å². The van der Waals surface area contributed by atoms with E-state index in [4.69, 9.17) is 0 Å². The molecule has 0 aromatic heterocycles. The maximum absolute atomic E-state index is 10.5. The Bertz CT molecular complexity index is 350. The van der Waals surface area contributed by atoms with Gasteiger partial charge in [0.15, 0.2) is 5.75 Å². The molecule has 82 valence electrons. The van der Waals surface area contributed by atoms with E-state index >= 15 is 0 Å². The van der Waals surface area contributed by atoms with Gasteiger partial charge in [-0.1, -0.05) is 25.8 Å². The van der Waals surface area contributed by atoms with Crippen molar-refractivity contribution in [1.29, 1.82) is 0 Å². The van der Waals surface area contributed by atoms with Gasteiger partial charge < -0.3 is 5.11 Å². The molecule has 15 heavy (non-hydrogen) atoms. The van der Waals surface area contributed by atoms with E-state index in [-0.39, 0.29) is 11.4 Å². The van der Waals surface area contributed by atoms with Gasteiger partial charge in [-0.2, -0.15) is 0 Å². The van der Waals surface area contributed by atoms with Gasteiger partial charge >= 0.3 is 5.69 Å². The first-order chi connectivity index (χ1) is 7.15. The Kier molecular flexibility index (Phi) is 4.09. The summed E-state index contributed by atoms with van der Waals surface area (Å²) in [4.78, 5) is 9.99. The Hall–Kier alpha value is -1.58. The predicted octanol–water partition coefficient (Wildman–Crippen LogP) is 3.03. The van der Waals surface area contributed by atoms with E-state index in [2.05, 4.69) is 6.92 Å². The first-order valence-corrected chi connectivity index (χ1v) is 5.11. The molecule has 0 atom stereocenters. The van der Waals surface area contributed by atoms with Crippen LogP contribution in [0.5, 0.6) is 5.75 Å². The maximum atomic E-state index is 10.5. The second-order valence-corrected chi connectivity index (χ2v) is 3.54. The third-order valence-electron chi connectivity index (χ3n) is 2.31. The highest BCUT2D eigenvalue weighted by molar-refractivity contribution is 5.47. The van der Waals surface area contributed by atoms with E-state index < -0.39 is 4.92 Å². The molecule has 0 aliphatic rings. The molecule has 0 aliphatic carbocycles. The first kappa shape index (κ1) is 11.5. The Labute approximate surface area is 88.7 Å². The van der Waals surface area contributed by atoms with Crippen molar-refractivity contribution in [2.24, 2.45) is 0 Å². The van der Waals surface area contributed by atoms with Crippen molar-refractivity contribution >= 4 is 5.69 Å². The average molecular weight is 209 g/mol. The second kappa shape index (κ2) is 5.34. The van der Waals surface area contributed by atoms with Crippen LogP contribution < -0.4 is 0 Å². The van der Waals surface area contributed by atoms with Gasteiger partial charge in [0.2, 0.25) is 0 Å². The van der Waals surface area contributed by atoms with Crippen LogP contribution in [0.4, 0.5) is 5.69 Å². The van der Waals surface area contributed by atoms with Crippen LogP contribution in [-0.4, -0.2) is 10.0 Å². The number of phenolic OH excluding ortho intramolecular Hbond substituents is 1. The third-order valence-corrected chi connectivity index (χ3v) is 2.31. The van der Waals surface area contributed by atoms with Crippen LogP contribution in [-0.2, 0) is 6.42 Å². The largest absolute Gasteiger partial charge is 0.502 e.